The Morgan fingerprint density at radius 3 is 2.89 bits per heavy atom. The first-order valence-corrected chi connectivity index (χ1v) is 5.41. The maximum Gasteiger partial charge on any atom is 0.215 e. The van der Waals surface area contributed by atoms with E-state index in [-0.39, 0.29) is 11.5 Å². The molecule has 0 fully saturated rings. The van der Waals surface area contributed by atoms with Gasteiger partial charge in [0.15, 0.2) is 0 Å². The number of carbonyl (C=O) groups is 1. The van der Waals surface area contributed by atoms with E-state index in [4.69, 9.17) is 4.42 Å². The summed E-state index contributed by atoms with van der Waals surface area (Å²) in [6, 6.07) is 9.79. The summed E-state index contributed by atoms with van der Waals surface area (Å²) in [7, 11) is 0. The van der Waals surface area contributed by atoms with E-state index in [1.165, 1.54) is 18.4 Å². The Kier molecular flexibility index (Phi) is 2.34. The van der Waals surface area contributed by atoms with Crippen LogP contribution >= 0.6 is 0 Å². The summed E-state index contributed by atoms with van der Waals surface area (Å²) < 4.78 is 5.29. The Morgan fingerprint density at radius 1 is 1.22 bits per heavy atom. The van der Waals surface area contributed by atoms with Crippen molar-refractivity contribution in [2.24, 2.45) is 0 Å². The van der Waals surface area contributed by atoms with Crippen LogP contribution in [-0.2, 0) is 0 Å². The highest BCUT2D eigenvalue weighted by atomic mass is 16.3. The Hall–Kier alpha value is -2.62. The lowest BCUT2D eigenvalue weighted by Crippen LogP contribution is -2.02. The van der Waals surface area contributed by atoms with E-state index in [0.717, 1.165) is 0 Å². The van der Waals surface area contributed by atoms with Gasteiger partial charge in [0.25, 0.3) is 0 Å². The first-order valence-electron chi connectivity index (χ1n) is 5.41. The van der Waals surface area contributed by atoms with Gasteiger partial charge in [0.1, 0.15) is 23.3 Å². The zero-order valence-electron chi connectivity index (χ0n) is 9.33. The van der Waals surface area contributed by atoms with Crippen LogP contribution in [0.1, 0.15) is 16.1 Å². The van der Waals surface area contributed by atoms with Crippen molar-refractivity contribution in [2.75, 3.05) is 0 Å². The topological polar surface area (TPSA) is 63.3 Å². The third-order valence-electron chi connectivity index (χ3n) is 2.70. The van der Waals surface area contributed by atoms with E-state index in [0.29, 0.717) is 22.2 Å². The predicted octanol–water partition coefficient (Wildman–Crippen LogP) is 2.76. The van der Waals surface area contributed by atoms with Gasteiger partial charge in [-0.2, -0.15) is 0 Å². The minimum absolute atomic E-state index is 0.0963. The predicted molar refractivity (Wildman–Crippen MR) is 65.5 cm³/mol. The minimum atomic E-state index is -0.222. The maximum absolute atomic E-state index is 12.2. The van der Waals surface area contributed by atoms with E-state index in [2.05, 4.69) is 4.98 Å². The smallest absolute Gasteiger partial charge is 0.215 e. The van der Waals surface area contributed by atoms with Crippen LogP contribution < -0.4 is 0 Å². The van der Waals surface area contributed by atoms with Gasteiger partial charge in [-0.3, -0.25) is 9.78 Å². The fraction of sp³-hybridized carbons (Fsp3) is 0. The molecule has 2 aromatic heterocycles. The van der Waals surface area contributed by atoms with E-state index >= 15 is 0 Å². The highest BCUT2D eigenvalue weighted by Gasteiger charge is 2.16. The van der Waals surface area contributed by atoms with Gasteiger partial charge in [0, 0.05) is 11.6 Å². The standard InChI is InChI=1S/C14H9NO3/c16-9-4-5-13-10(7-9)11(8-18-13)14(17)12-3-1-2-6-15-12/h1-8,16H. The van der Waals surface area contributed by atoms with E-state index in [1.807, 2.05) is 0 Å². The monoisotopic (exact) mass is 239 g/mol. The van der Waals surface area contributed by atoms with Crippen molar-refractivity contribution in [1.82, 2.24) is 4.98 Å². The van der Waals surface area contributed by atoms with Gasteiger partial charge in [-0.1, -0.05) is 6.07 Å². The third-order valence-corrected chi connectivity index (χ3v) is 2.70. The van der Waals surface area contributed by atoms with Crippen molar-refractivity contribution in [2.45, 2.75) is 0 Å². The van der Waals surface area contributed by atoms with Crippen LogP contribution in [0.3, 0.4) is 0 Å². The summed E-state index contributed by atoms with van der Waals surface area (Å²) in [5.74, 6) is -0.126. The average molecular weight is 239 g/mol. The summed E-state index contributed by atoms with van der Waals surface area (Å²) in [6.45, 7) is 0. The molecule has 18 heavy (non-hydrogen) atoms. The van der Waals surface area contributed by atoms with Crippen LogP contribution in [-0.4, -0.2) is 15.9 Å². The van der Waals surface area contributed by atoms with Crippen LogP contribution in [0.2, 0.25) is 0 Å². The number of carbonyl (C=O) groups excluding carboxylic acids is 1. The number of fused-ring (bicyclic) bond motifs is 1. The lowest BCUT2D eigenvalue weighted by Gasteiger charge is -1.97. The van der Waals surface area contributed by atoms with Gasteiger partial charge >= 0.3 is 0 Å². The number of hydrogen-bond acceptors (Lipinski definition) is 4. The lowest BCUT2D eigenvalue weighted by molar-refractivity contribution is 0.103. The molecule has 0 aliphatic rings. The van der Waals surface area contributed by atoms with Crippen molar-refractivity contribution in [3.63, 3.8) is 0 Å². The van der Waals surface area contributed by atoms with Crippen molar-refractivity contribution >= 4 is 16.8 Å². The molecule has 0 unspecified atom stereocenters. The number of aromatic nitrogens is 1. The number of phenols is 1. The van der Waals surface area contributed by atoms with Gasteiger partial charge < -0.3 is 9.52 Å². The molecule has 0 aliphatic heterocycles. The summed E-state index contributed by atoms with van der Waals surface area (Å²) in [6.07, 6.45) is 2.95. The molecule has 0 spiro atoms. The van der Waals surface area contributed by atoms with Crippen molar-refractivity contribution in [3.05, 3.63) is 60.1 Å². The first kappa shape index (κ1) is 10.5. The fourth-order valence-electron chi connectivity index (χ4n) is 1.83. The Morgan fingerprint density at radius 2 is 2.11 bits per heavy atom. The molecule has 0 bridgehead atoms. The van der Waals surface area contributed by atoms with Gasteiger partial charge in [-0.15, -0.1) is 0 Å². The summed E-state index contributed by atoms with van der Waals surface area (Å²) in [5.41, 5.74) is 1.32. The third kappa shape index (κ3) is 1.64. The van der Waals surface area contributed by atoms with E-state index in [9.17, 15) is 9.90 Å². The second-order valence-electron chi connectivity index (χ2n) is 3.87. The Balaban J connectivity index is 2.15. The minimum Gasteiger partial charge on any atom is -0.508 e. The second kappa shape index (κ2) is 4.00. The molecule has 0 atom stereocenters. The molecule has 0 amide bonds. The highest BCUT2D eigenvalue weighted by Crippen LogP contribution is 2.26. The van der Waals surface area contributed by atoms with Crippen LogP contribution in [0.4, 0.5) is 0 Å². The Labute approximate surface area is 103 Å². The molecular weight excluding hydrogens is 230 g/mol. The molecule has 4 nitrogen and oxygen atoms in total. The van der Waals surface area contributed by atoms with Crippen LogP contribution in [0.25, 0.3) is 11.0 Å². The fourth-order valence-corrected chi connectivity index (χ4v) is 1.83. The SMILES string of the molecule is O=C(c1ccccn1)c1coc2ccc(O)cc12. The summed E-state index contributed by atoms with van der Waals surface area (Å²) in [4.78, 5) is 16.2. The number of benzene rings is 1. The number of phenolic OH excluding ortho intramolecular Hbond substituents is 1. The number of rotatable bonds is 2. The van der Waals surface area contributed by atoms with Crippen LogP contribution in [0, 0.1) is 0 Å². The van der Waals surface area contributed by atoms with Crippen molar-refractivity contribution < 1.29 is 14.3 Å². The van der Waals surface area contributed by atoms with E-state index in [1.54, 1.807) is 30.5 Å². The average Bonchev–Trinajstić information content (AvgIpc) is 2.82. The highest BCUT2D eigenvalue weighted by molar-refractivity contribution is 6.15. The molecule has 1 N–H and O–H groups in total. The number of furan rings is 1. The largest absolute Gasteiger partial charge is 0.508 e. The normalized spacial score (nSPS) is 10.7. The first-order chi connectivity index (χ1) is 8.75. The second-order valence-corrected chi connectivity index (χ2v) is 3.87. The lowest BCUT2D eigenvalue weighted by atomic mass is 10.1. The molecule has 0 saturated heterocycles. The van der Waals surface area contributed by atoms with Gasteiger partial charge in [-0.25, -0.2) is 0 Å². The number of nitrogens with zero attached hydrogens (tertiary/aromatic N) is 1. The molecule has 0 aliphatic carbocycles. The Bertz CT molecular complexity index is 716. The van der Waals surface area contributed by atoms with Gasteiger partial charge in [-0.05, 0) is 30.3 Å². The zero-order chi connectivity index (χ0) is 12.5. The molecule has 3 rings (SSSR count). The van der Waals surface area contributed by atoms with Gasteiger partial charge in [0.2, 0.25) is 5.78 Å². The van der Waals surface area contributed by atoms with Crippen molar-refractivity contribution in [3.8, 4) is 5.75 Å². The number of hydrogen-bond donors (Lipinski definition) is 1. The quantitative estimate of drug-likeness (QED) is 0.698. The number of pyridine rings is 1. The molecular formula is C14H9NO3. The van der Waals surface area contributed by atoms with Crippen molar-refractivity contribution in [1.29, 1.82) is 0 Å². The molecule has 2 heterocycles. The van der Waals surface area contributed by atoms with Gasteiger partial charge in [0.05, 0.1) is 5.56 Å². The number of ketones is 1. The molecule has 0 radical (unpaired) electrons. The van der Waals surface area contributed by atoms with E-state index < -0.39 is 0 Å². The molecule has 1 aromatic carbocycles. The summed E-state index contributed by atoms with van der Waals surface area (Å²) in [5, 5.41) is 10.0. The molecule has 0 saturated carbocycles. The summed E-state index contributed by atoms with van der Waals surface area (Å²) >= 11 is 0. The maximum atomic E-state index is 12.2. The van der Waals surface area contributed by atoms with Crippen LogP contribution in [0.5, 0.6) is 5.75 Å². The number of aromatic hydroxyl groups is 1. The molecule has 4 heteroatoms. The molecule has 88 valence electrons. The van der Waals surface area contributed by atoms with Crippen LogP contribution in [0.15, 0.2) is 53.3 Å². The zero-order valence-corrected chi connectivity index (χ0v) is 9.33. The molecule has 3 aromatic rings.